The molecule has 0 heterocycles. The number of hydrogen-bond donors (Lipinski definition) is 3. The summed E-state index contributed by atoms with van der Waals surface area (Å²) < 4.78 is 22.3. The van der Waals surface area contributed by atoms with E-state index in [1.165, 1.54) is 6.42 Å². The number of alkyl carbamates (subject to hydrolysis) is 1. The summed E-state index contributed by atoms with van der Waals surface area (Å²) >= 11 is 0. The topological polar surface area (TPSA) is 175 Å². The van der Waals surface area contributed by atoms with Crippen molar-refractivity contribution < 1.29 is 47.7 Å². The van der Waals surface area contributed by atoms with Crippen molar-refractivity contribution in [3.05, 3.63) is 35.9 Å². The van der Waals surface area contributed by atoms with Crippen molar-refractivity contribution in [2.45, 2.75) is 141 Å². The second-order valence-corrected chi connectivity index (χ2v) is 16.0. The lowest BCUT2D eigenvalue weighted by molar-refractivity contribution is -0.171. The Morgan fingerprint density at radius 1 is 0.750 bits per heavy atom. The summed E-state index contributed by atoms with van der Waals surface area (Å²) in [6.07, 6.45) is 7.79. The number of rotatable bonds is 15. The molecule has 0 spiro atoms. The monoisotopic (exact) mass is 725 g/mol. The highest BCUT2D eigenvalue weighted by Gasteiger charge is 2.50. The van der Waals surface area contributed by atoms with Crippen LogP contribution in [0.4, 0.5) is 4.79 Å². The molecule has 3 N–H and O–H groups in total. The Kier molecular flexibility index (Phi) is 13.6. The molecule has 0 saturated heterocycles. The van der Waals surface area contributed by atoms with Crippen LogP contribution in [0, 0.1) is 23.7 Å². The fourth-order valence-corrected chi connectivity index (χ4v) is 8.40. The van der Waals surface area contributed by atoms with E-state index in [1.54, 1.807) is 32.9 Å². The van der Waals surface area contributed by atoms with Gasteiger partial charge in [0.05, 0.1) is 6.42 Å². The van der Waals surface area contributed by atoms with Crippen LogP contribution in [0.1, 0.15) is 110 Å². The molecule has 52 heavy (non-hydrogen) atoms. The molecule has 5 fully saturated rings. The summed E-state index contributed by atoms with van der Waals surface area (Å²) in [7, 11) is 0. The lowest BCUT2D eigenvalue weighted by atomic mass is 9.55. The van der Waals surface area contributed by atoms with Crippen LogP contribution in [-0.4, -0.2) is 72.3 Å². The first kappa shape index (κ1) is 39.1. The normalized spacial score (nSPS) is 24.9. The van der Waals surface area contributed by atoms with Crippen molar-refractivity contribution in [2.75, 3.05) is 6.54 Å². The van der Waals surface area contributed by atoms with Crippen LogP contribution in [-0.2, 0) is 49.5 Å². The molecule has 0 radical (unpaired) electrons. The van der Waals surface area contributed by atoms with Gasteiger partial charge in [-0.25, -0.2) is 4.79 Å². The molecule has 1 aromatic rings. The molecule has 286 valence electrons. The minimum Gasteiger partial charge on any atom is -0.462 e. The fraction of sp³-hybridized carbons (Fsp3) is 0.692. The second-order valence-electron chi connectivity index (χ2n) is 16.0. The first-order valence-electron chi connectivity index (χ1n) is 19.0. The van der Waals surface area contributed by atoms with Gasteiger partial charge in [-0.2, -0.15) is 0 Å². The number of carbonyl (C=O) groups is 6. The van der Waals surface area contributed by atoms with Crippen molar-refractivity contribution in [3.8, 4) is 0 Å². The molecule has 0 aromatic heterocycles. The van der Waals surface area contributed by atoms with Crippen LogP contribution in [0.25, 0.3) is 0 Å². The number of nitrogens with one attached hydrogen (secondary N) is 3. The maximum Gasteiger partial charge on any atom is 0.408 e. The molecule has 5 aliphatic rings. The molecular weight excluding hydrogens is 670 g/mol. The zero-order valence-electron chi connectivity index (χ0n) is 30.7. The van der Waals surface area contributed by atoms with Crippen molar-refractivity contribution in [1.29, 1.82) is 0 Å². The third-order valence-electron chi connectivity index (χ3n) is 10.6. The highest BCUT2D eigenvalue weighted by molar-refractivity contribution is 5.94. The zero-order chi connectivity index (χ0) is 37.3. The summed E-state index contributed by atoms with van der Waals surface area (Å²) in [4.78, 5) is 78.7. The minimum atomic E-state index is -1.44. The van der Waals surface area contributed by atoms with Gasteiger partial charge < -0.3 is 34.9 Å². The van der Waals surface area contributed by atoms with E-state index in [4.69, 9.17) is 18.9 Å². The van der Waals surface area contributed by atoms with Crippen LogP contribution in [0.5, 0.6) is 0 Å². The Hall–Kier alpha value is -4.16. The smallest absolute Gasteiger partial charge is 0.408 e. The quantitative estimate of drug-likeness (QED) is 0.171. The molecule has 1 aromatic carbocycles. The largest absolute Gasteiger partial charge is 0.462 e. The van der Waals surface area contributed by atoms with E-state index in [0.717, 1.165) is 63.4 Å². The van der Waals surface area contributed by atoms with Gasteiger partial charge in [0.1, 0.15) is 43.0 Å². The molecule has 0 aliphatic heterocycles. The molecule has 13 heteroatoms. The summed E-state index contributed by atoms with van der Waals surface area (Å²) in [5.74, 6) is -1.48. The number of esters is 3. The molecule has 2 atom stereocenters. The predicted molar refractivity (Wildman–Crippen MR) is 188 cm³/mol. The molecular formula is C39H55N3O10. The number of amides is 3. The first-order valence-corrected chi connectivity index (χ1v) is 19.0. The van der Waals surface area contributed by atoms with Gasteiger partial charge >= 0.3 is 24.0 Å². The molecule has 5 aliphatic carbocycles. The Balaban J connectivity index is 1.23. The van der Waals surface area contributed by atoms with Crippen LogP contribution < -0.4 is 16.0 Å². The summed E-state index contributed by atoms with van der Waals surface area (Å²) in [6.45, 7) is 4.53. The Bertz CT molecular complexity index is 1390. The summed E-state index contributed by atoms with van der Waals surface area (Å²) in [5.41, 5.74) is -0.114. The average molecular weight is 726 g/mol. The summed E-state index contributed by atoms with van der Waals surface area (Å²) in [5, 5.41) is 7.56. The Morgan fingerprint density at radius 2 is 1.40 bits per heavy atom. The van der Waals surface area contributed by atoms with Crippen molar-refractivity contribution in [2.24, 2.45) is 23.7 Å². The highest BCUT2D eigenvalue weighted by atomic mass is 16.6. The van der Waals surface area contributed by atoms with Gasteiger partial charge in [-0.05, 0) is 114 Å². The Labute approximate surface area is 306 Å². The SMILES string of the molecule is CC(C)(C)OC(=O)N[C@@H](CC(=O)OC1C2CC3CC(C2)CC1C3)C(=O)N[C@@H](CCC(=O)OC1CCCCC1)C(=O)NCC(=O)OCc1ccccc1. The maximum absolute atomic E-state index is 13.8. The van der Waals surface area contributed by atoms with Crippen molar-refractivity contribution in [3.63, 3.8) is 0 Å². The van der Waals surface area contributed by atoms with E-state index >= 15 is 0 Å². The standard InChI is InChI=1S/C39H55N3O10/c1-39(2,3)52-38(48)42-31(21-33(44)51-35-27-17-25-16-26(19-27)20-28(35)18-25)37(47)41-30(14-15-32(43)50-29-12-8-5-9-13-29)36(46)40-22-34(45)49-23-24-10-6-4-7-11-24/h4,6-7,10-11,25-31,35H,5,8-9,12-23H2,1-3H3,(H,40,46)(H,41,47)(H,42,48)/t25?,26?,27?,28?,30-,31-,35?/m0/s1. The molecule has 4 bridgehead atoms. The molecule has 0 unspecified atom stereocenters. The predicted octanol–water partition coefficient (Wildman–Crippen LogP) is 4.64. The molecule has 3 amide bonds. The Morgan fingerprint density at radius 3 is 2.04 bits per heavy atom. The molecule has 6 rings (SSSR count). The van der Waals surface area contributed by atoms with Crippen molar-refractivity contribution in [1.82, 2.24) is 16.0 Å². The van der Waals surface area contributed by atoms with Gasteiger partial charge in [0.15, 0.2) is 0 Å². The molecule has 5 saturated carbocycles. The third-order valence-corrected chi connectivity index (χ3v) is 10.6. The van der Waals surface area contributed by atoms with E-state index < -0.39 is 66.5 Å². The third kappa shape index (κ3) is 11.9. The van der Waals surface area contributed by atoms with Crippen LogP contribution >= 0.6 is 0 Å². The number of carbonyl (C=O) groups excluding carboxylic acids is 6. The minimum absolute atomic E-state index is 0.0142. The van der Waals surface area contributed by atoms with Gasteiger partial charge in [0.2, 0.25) is 11.8 Å². The van der Waals surface area contributed by atoms with Gasteiger partial charge in [0.25, 0.3) is 0 Å². The lowest BCUT2D eigenvalue weighted by Gasteiger charge is -2.53. The number of ether oxygens (including phenoxy) is 4. The van der Waals surface area contributed by atoms with Crippen LogP contribution in [0.15, 0.2) is 30.3 Å². The maximum atomic E-state index is 13.8. The van der Waals surface area contributed by atoms with Gasteiger partial charge in [-0.3, -0.25) is 24.0 Å². The van der Waals surface area contributed by atoms with Gasteiger partial charge in [-0.15, -0.1) is 0 Å². The fourth-order valence-electron chi connectivity index (χ4n) is 8.40. The highest BCUT2D eigenvalue weighted by Crippen LogP contribution is 2.54. The van der Waals surface area contributed by atoms with E-state index in [-0.39, 0.29) is 31.7 Å². The van der Waals surface area contributed by atoms with Crippen molar-refractivity contribution >= 4 is 35.8 Å². The van der Waals surface area contributed by atoms with Gasteiger partial charge in [0, 0.05) is 6.42 Å². The van der Waals surface area contributed by atoms with E-state index in [2.05, 4.69) is 16.0 Å². The van der Waals surface area contributed by atoms with Crippen LogP contribution in [0.2, 0.25) is 0 Å². The average Bonchev–Trinajstić information content (AvgIpc) is 3.09. The zero-order valence-corrected chi connectivity index (χ0v) is 30.7. The van der Waals surface area contributed by atoms with E-state index in [1.807, 2.05) is 18.2 Å². The molecule has 13 nitrogen and oxygen atoms in total. The van der Waals surface area contributed by atoms with Crippen LogP contribution in [0.3, 0.4) is 0 Å². The van der Waals surface area contributed by atoms with Gasteiger partial charge in [-0.1, -0.05) is 36.8 Å². The summed E-state index contributed by atoms with van der Waals surface area (Å²) in [6, 6.07) is 6.30. The second kappa shape index (κ2) is 18.1. The number of hydrogen-bond acceptors (Lipinski definition) is 10. The first-order chi connectivity index (χ1) is 24.8. The van der Waals surface area contributed by atoms with E-state index in [9.17, 15) is 28.8 Å². The van der Waals surface area contributed by atoms with E-state index in [0.29, 0.717) is 23.7 Å². The lowest BCUT2D eigenvalue weighted by Crippen LogP contribution is -2.55. The number of benzene rings is 1.